The van der Waals surface area contributed by atoms with Crippen LogP contribution in [-0.2, 0) is 0 Å². The Bertz CT molecular complexity index is 215. The normalized spacial score (nSPS) is 30.9. The van der Waals surface area contributed by atoms with Gasteiger partial charge in [-0.15, -0.1) is 0 Å². The standard InChI is InChI=1S/C15H31NO/c1-12(2)10-16-15(11-17)8-5-6-14(7-9-15)13(3)4/h12-14,16-17H,5-11H2,1-4H3. The quantitative estimate of drug-likeness (QED) is 0.725. The van der Waals surface area contributed by atoms with E-state index < -0.39 is 0 Å². The fourth-order valence-electron chi connectivity index (χ4n) is 2.91. The first-order valence-electron chi connectivity index (χ1n) is 7.35. The Morgan fingerprint density at radius 3 is 2.41 bits per heavy atom. The molecule has 1 saturated carbocycles. The summed E-state index contributed by atoms with van der Waals surface area (Å²) in [7, 11) is 0. The molecule has 17 heavy (non-hydrogen) atoms. The van der Waals surface area contributed by atoms with Crippen LogP contribution in [0.4, 0.5) is 0 Å². The summed E-state index contributed by atoms with van der Waals surface area (Å²) in [4.78, 5) is 0. The van der Waals surface area contributed by atoms with Crippen molar-refractivity contribution in [2.24, 2.45) is 17.8 Å². The third-order valence-electron chi connectivity index (χ3n) is 4.35. The van der Waals surface area contributed by atoms with Crippen LogP contribution in [0.2, 0.25) is 0 Å². The summed E-state index contributed by atoms with van der Waals surface area (Å²) in [6.07, 6.45) is 6.14. The molecule has 0 aromatic heterocycles. The molecule has 0 bridgehead atoms. The number of aliphatic hydroxyl groups is 1. The summed E-state index contributed by atoms with van der Waals surface area (Å²) in [6.45, 7) is 10.4. The van der Waals surface area contributed by atoms with Crippen molar-refractivity contribution in [1.29, 1.82) is 0 Å². The van der Waals surface area contributed by atoms with Gasteiger partial charge in [0.25, 0.3) is 0 Å². The lowest BCUT2D eigenvalue weighted by Gasteiger charge is -2.33. The molecule has 2 heteroatoms. The molecule has 0 heterocycles. The zero-order valence-electron chi connectivity index (χ0n) is 12.1. The number of aliphatic hydroxyl groups excluding tert-OH is 1. The van der Waals surface area contributed by atoms with Crippen LogP contribution >= 0.6 is 0 Å². The van der Waals surface area contributed by atoms with E-state index in [1.807, 2.05) is 0 Å². The highest BCUT2D eigenvalue weighted by Gasteiger charge is 2.32. The molecule has 2 nitrogen and oxygen atoms in total. The Morgan fingerprint density at radius 1 is 1.18 bits per heavy atom. The van der Waals surface area contributed by atoms with Gasteiger partial charge in [0.15, 0.2) is 0 Å². The van der Waals surface area contributed by atoms with Crippen molar-refractivity contribution in [2.45, 2.75) is 65.3 Å². The summed E-state index contributed by atoms with van der Waals surface area (Å²) in [6, 6.07) is 0. The summed E-state index contributed by atoms with van der Waals surface area (Å²) in [5, 5.41) is 13.4. The van der Waals surface area contributed by atoms with Crippen LogP contribution in [-0.4, -0.2) is 23.8 Å². The third kappa shape index (κ3) is 4.59. The van der Waals surface area contributed by atoms with Gasteiger partial charge in [-0.3, -0.25) is 0 Å². The first kappa shape index (κ1) is 15.0. The Morgan fingerprint density at radius 2 is 1.88 bits per heavy atom. The van der Waals surface area contributed by atoms with E-state index in [0.717, 1.165) is 31.2 Å². The molecule has 1 aliphatic carbocycles. The van der Waals surface area contributed by atoms with Crippen LogP contribution in [0.15, 0.2) is 0 Å². The van der Waals surface area contributed by atoms with Gasteiger partial charge in [0, 0.05) is 5.54 Å². The predicted octanol–water partition coefficient (Wildman–Crippen LogP) is 3.20. The highest BCUT2D eigenvalue weighted by molar-refractivity contribution is 4.91. The molecule has 1 rings (SSSR count). The smallest absolute Gasteiger partial charge is 0.0613 e. The summed E-state index contributed by atoms with van der Waals surface area (Å²) in [5.74, 6) is 2.29. The molecular formula is C15H31NO. The van der Waals surface area contributed by atoms with E-state index in [4.69, 9.17) is 0 Å². The van der Waals surface area contributed by atoms with Crippen molar-refractivity contribution in [3.8, 4) is 0 Å². The Hall–Kier alpha value is -0.0800. The number of nitrogens with one attached hydrogen (secondary N) is 1. The molecule has 0 amide bonds. The molecule has 0 radical (unpaired) electrons. The number of hydrogen-bond acceptors (Lipinski definition) is 2. The van der Waals surface area contributed by atoms with E-state index in [1.54, 1.807) is 0 Å². The van der Waals surface area contributed by atoms with Crippen molar-refractivity contribution in [3.63, 3.8) is 0 Å². The van der Waals surface area contributed by atoms with Gasteiger partial charge in [-0.1, -0.05) is 40.5 Å². The lowest BCUT2D eigenvalue weighted by Crippen LogP contribution is -2.49. The Kier molecular flexibility index (Phi) is 5.94. The molecule has 0 saturated heterocycles. The maximum atomic E-state index is 9.74. The Balaban J connectivity index is 2.55. The highest BCUT2D eigenvalue weighted by atomic mass is 16.3. The molecule has 0 aromatic rings. The first-order valence-corrected chi connectivity index (χ1v) is 7.35. The van der Waals surface area contributed by atoms with Gasteiger partial charge >= 0.3 is 0 Å². The van der Waals surface area contributed by atoms with E-state index >= 15 is 0 Å². The van der Waals surface area contributed by atoms with Crippen LogP contribution < -0.4 is 5.32 Å². The van der Waals surface area contributed by atoms with Gasteiger partial charge in [-0.25, -0.2) is 0 Å². The third-order valence-corrected chi connectivity index (χ3v) is 4.35. The fourth-order valence-corrected chi connectivity index (χ4v) is 2.91. The van der Waals surface area contributed by atoms with Crippen LogP contribution in [0.3, 0.4) is 0 Å². The summed E-state index contributed by atoms with van der Waals surface area (Å²) < 4.78 is 0. The second-order valence-corrected chi connectivity index (χ2v) is 6.65. The molecule has 1 fully saturated rings. The molecule has 0 aliphatic heterocycles. The Labute approximate surface area is 107 Å². The molecule has 0 spiro atoms. The van der Waals surface area contributed by atoms with Crippen molar-refractivity contribution in [3.05, 3.63) is 0 Å². The van der Waals surface area contributed by atoms with E-state index in [9.17, 15) is 5.11 Å². The van der Waals surface area contributed by atoms with E-state index in [0.29, 0.717) is 12.5 Å². The van der Waals surface area contributed by atoms with Crippen LogP contribution in [0.5, 0.6) is 0 Å². The number of hydrogen-bond donors (Lipinski definition) is 2. The second kappa shape index (κ2) is 6.75. The van der Waals surface area contributed by atoms with Crippen LogP contribution in [0, 0.1) is 17.8 Å². The van der Waals surface area contributed by atoms with E-state index in [1.165, 1.54) is 19.3 Å². The zero-order chi connectivity index (χ0) is 12.9. The average Bonchev–Trinajstić information content (AvgIpc) is 2.49. The minimum absolute atomic E-state index is 0.00785. The lowest BCUT2D eigenvalue weighted by molar-refractivity contribution is 0.138. The summed E-state index contributed by atoms with van der Waals surface area (Å²) >= 11 is 0. The van der Waals surface area contributed by atoms with Gasteiger partial charge in [0.2, 0.25) is 0 Å². The summed E-state index contributed by atoms with van der Waals surface area (Å²) in [5.41, 5.74) is 0.00785. The molecule has 2 atom stereocenters. The average molecular weight is 241 g/mol. The van der Waals surface area contributed by atoms with E-state index in [2.05, 4.69) is 33.0 Å². The first-order chi connectivity index (χ1) is 7.99. The van der Waals surface area contributed by atoms with Gasteiger partial charge in [-0.05, 0) is 43.6 Å². The largest absolute Gasteiger partial charge is 0.394 e. The maximum absolute atomic E-state index is 9.74. The van der Waals surface area contributed by atoms with Crippen molar-refractivity contribution in [2.75, 3.05) is 13.2 Å². The van der Waals surface area contributed by atoms with Crippen molar-refractivity contribution < 1.29 is 5.11 Å². The molecule has 0 aromatic carbocycles. The van der Waals surface area contributed by atoms with E-state index in [-0.39, 0.29) is 5.54 Å². The highest BCUT2D eigenvalue weighted by Crippen LogP contribution is 2.33. The molecule has 1 aliphatic rings. The maximum Gasteiger partial charge on any atom is 0.0613 e. The molecule has 2 unspecified atom stereocenters. The van der Waals surface area contributed by atoms with Gasteiger partial charge in [0.05, 0.1) is 6.61 Å². The second-order valence-electron chi connectivity index (χ2n) is 6.65. The minimum atomic E-state index is 0.00785. The fraction of sp³-hybridized carbons (Fsp3) is 1.00. The molecular weight excluding hydrogens is 210 g/mol. The topological polar surface area (TPSA) is 32.3 Å². The minimum Gasteiger partial charge on any atom is -0.394 e. The number of rotatable bonds is 5. The van der Waals surface area contributed by atoms with Crippen LogP contribution in [0.1, 0.15) is 59.8 Å². The van der Waals surface area contributed by atoms with Gasteiger partial charge in [-0.2, -0.15) is 0 Å². The molecule has 102 valence electrons. The van der Waals surface area contributed by atoms with Gasteiger partial charge in [0.1, 0.15) is 0 Å². The predicted molar refractivity (Wildman–Crippen MR) is 74.1 cm³/mol. The van der Waals surface area contributed by atoms with Crippen molar-refractivity contribution in [1.82, 2.24) is 5.32 Å². The molecule has 2 N–H and O–H groups in total. The monoisotopic (exact) mass is 241 g/mol. The van der Waals surface area contributed by atoms with Crippen LogP contribution in [0.25, 0.3) is 0 Å². The van der Waals surface area contributed by atoms with Gasteiger partial charge < -0.3 is 10.4 Å². The van der Waals surface area contributed by atoms with Crippen molar-refractivity contribution >= 4 is 0 Å². The SMILES string of the molecule is CC(C)CNC1(CO)CCCC(C(C)C)CC1. The lowest BCUT2D eigenvalue weighted by atomic mass is 9.86. The zero-order valence-corrected chi connectivity index (χ0v) is 12.1.